The second-order valence-electron chi connectivity index (χ2n) is 8.22. The summed E-state index contributed by atoms with van der Waals surface area (Å²) in [6.45, 7) is 7.22. The van der Waals surface area contributed by atoms with Gasteiger partial charge in [0, 0.05) is 19.0 Å². The van der Waals surface area contributed by atoms with Crippen molar-refractivity contribution in [1.29, 1.82) is 0 Å². The molecule has 1 aliphatic heterocycles. The number of carbonyl (C=O) groups is 1. The predicted molar refractivity (Wildman–Crippen MR) is 107 cm³/mol. The molecule has 0 saturated carbocycles. The van der Waals surface area contributed by atoms with Crippen LogP contribution in [0.3, 0.4) is 0 Å². The van der Waals surface area contributed by atoms with Crippen LogP contribution in [0.5, 0.6) is 0 Å². The maximum atomic E-state index is 12.3. The highest BCUT2D eigenvalue weighted by Gasteiger charge is 2.30. The Bertz CT molecular complexity index is 971. The van der Waals surface area contributed by atoms with Gasteiger partial charge in [0.05, 0.1) is 0 Å². The fraction of sp³-hybridized carbons (Fsp3) is 0.348. The lowest BCUT2D eigenvalue weighted by Crippen LogP contribution is -2.35. The molecule has 134 valence electrons. The Morgan fingerprint density at radius 3 is 2.31 bits per heavy atom. The van der Waals surface area contributed by atoms with E-state index in [1.807, 2.05) is 25.7 Å². The first-order valence-corrected chi connectivity index (χ1v) is 9.29. The second-order valence-corrected chi connectivity index (χ2v) is 8.22. The molecule has 1 heterocycles. The Hall–Kier alpha value is -2.55. The van der Waals surface area contributed by atoms with Crippen LogP contribution < -0.4 is 0 Å². The van der Waals surface area contributed by atoms with E-state index in [2.05, 4.69) is 54.6 Å². The van der Waals surface area contributed by atoms with E-state index in [0.717, 1.165) is 19.5 Å². The number of nitrogens with zero attached hydrogens (tertiary/aromatic N) is 1. The topological polar surface area (TPSA) is 29.5 Å². The zero-order chi connectivity index (χ0) is 18.3. The highest BCUT2D eigenvalue weighted by Crippen LogP contribution is 2.31. The van der Waals surface area contributed by atoms with Gasteiger partial charge >= 0.3 is 6.09 Å². The number of fused-ring (bicyclic) bond motifs is 2. The third-order valence-electron chi connectivity index (χ3n) is 5.04. The molecule has 0 radical (unpaired) electrons. The zero-order valence-electron chi connectivity index (χ0n) is 15.7. The molecule has 4 rings (SSSR count). The smallest absolute Gasteiger partial charge is 0.410 e. The molecule has 0 bridgehead atoms. The summed E-state index contributed by atoms with van der Waals surface area (Å²) in [5.74, 6) is 0.374. The summed E-state index contributed by atoms with van der Waals surface area (Å²) in [5, 5.41) is 5.05. The molecule has 1 unspecified atom stereocenters. The molecule has 1 fully saturated rings. The first-order valence-electron chi connectivity index (χ1n) is 9.29. The van der Waals surface area contributed by atoms with E-state index < -0.39 is 5.60 Å². The maximum absolute atomic E-state index is 12.3. The summed E-state index contributed by atoms with van der Waals surface area (Å²) >= 11 is 0. The van der Waals surface area contributed by atoms with Crippen LogP contribution >= 0.6 is 0 Å². The van der Waals surface area contributed by atoms with Gasteiger partial charge in [-0.3, -0.25) is 0 Å². The van der Waals surface area contributed by atoms with Gasteiger partial charge in [0.25, 0.3) is 0 Å². The fourth-order valence-electron chi connectivity index (χ4n) is 3.74. The normalized spacial score (nSPS) is 17.8. The molecule has 0 N–H and O–H groups in total. The van der Waals surface area contributed by atoms with E-state index in [4.69, 9.17) is 4.74 Å². The Kier molecular flexibility index (Phi) is 4.10. The number of benzene rings is 3. The van der Waals surface area contributed by atoms with Crippen LogP contribution in [0, 0.1) is 0 Å². The molecule has 1 aliphatic rings. The molecule has 1 atom stereocenters. The summed E-state index contributed by atoms with van der Waals surface area (Å²) in [6, 6.07) is 19.7. The standard InChI is InChI=1S/C23H25NO2/c1-23(2,3)26-22(25)24-11-10-20(15-24)18-8-9-19-12-16-6-4-5-7-17(16)13-21(19)14-18/h4-9,12-14,20H,10-11,15H2,1-3H3. The SMILES string of the molecule is CC(C)(C)OC(=O)N1CCC(c2ccc3cc4ccccc4cc3c2)C1. The maximum Gasteiger partial charge on any atom is 0.410 e. The first-order chi connectivity index (χ1) is 12.4. The molecule has 3 aromatic rings. The van der Waals surface area contributed by atoms with Gasteiger partial charge in [0.1, 0.15) is 5.60 Å². The molecular weight excluding hydrogens is 322 g/mol. The lowest BCUT2D eigenvalue weighted by Gasteiger charge is -2.24. The van der Waals surface area contributed by atoms with Crippen LogP contribution in [0.15, 0.2) is 54.6 Å². The van der Waals surface area contributed by atoms with Gasteiger partial charge in [0.2, 0.25) is 0 Å². The predicted octanol–water partition coefficient (Wildman–Crippen LogP) is 5.72. The van der Waals surface area contributed by atoms with E-state index in [1.165, 1.54) is 27.1 Å². The molecule has 1 saturated heterocycles. The van der Waals surface area contributed by atoms with E-state index in [-0.39, 0.29) is 6.09 Å². The number of rotatable bonds is 1. The van der Waals surface area contributed by atoms with Crippen molar-refractivity contribution >= 4 is 27.6 Å². The summed E-state index contributed by atoms with van der Waals surface area (Å²) in [7, 11) is 0. The highest BCUT2D eigenvalue weighted by molar-refractivity contribution is 5.98. The van der Waals surface area contributed by atoms with Crippen LogP contribution in [0.4, 0.5) is 4.79 Å². The van der Waals surface area contributed by atoms with Crippen molar-refractivity contribution in [2.45, 2.75) is 38.7 Å². The Morgan fingerprint density at radius 2 is 1.62 bits per heavy atom. The van der Waals surface area contributed by atoms with Gasteiger partial charge in [-0.25, -0.2) is 4.79 Å². The average Bonchev–Trinajstić information content (AvgIpc) is 3.08. The van der Waals surface area contributed by atoms with E-state index in [9.17, 15) is 4.79 Å². The Balaban J connectivity index is 1.57. The van der Waals surface area contributed by atoms with Gasteiger partial charge < -0.3 is 9.64 Å². The molecule has 26 heavy (non-hydrogen) atoms. The molecule has 3 nitrogen and oxygen atoms in total. The van der Waals surface area contributed by atoms with E-state index in [1.54, 1.807) is 0 Å². The molecular formula is C23H25NO2. The monoisotopic (exact) mass is 347 g/mol. The molecule has 0 spiro atoms. The highest BCUT2D eigenvalue weighted by atomic mass is 16.6. The van der Waals surface area contributed by atoms with E-state index >= 15 is 0 Å². The van der Waals surface area contributed by atoms with Crippen LogP contribution in [-0.4, -0.2) is 29.7 Å². The number of carbonyl (C=O) groups excluding carboxylic acids is 1. The van der Waals surface area contributed by atoms with Crippen molar-refractivity contribution in [1.82, 2.24) is 4.90 Å². The summed E-state index contributed by atoms with van der Waals surface area (Å²) in [5.41, 5.74) is 0.859. The third kappa shape index (κ3) is 3.39. The lowest BCUT2D eigenvalue weighted by molar-refractivity contribution is 0.0292. The van der Waals surface area contributed by atoms with E-state index in [0.29, 0.717) is 5.92 Å². The Morgan fingerprint density at radius 1 is 0.962 bits per heavy atom. The number of ether oxygens (including phenoxy) is 1. The van der Waals surface area contributed by atoms with Crippen molar-refractivity contribution in [2.75, 3.05) is 13.1 Å². The molecule has 3 heteroatoms. The van der Waals surface area contributed by atoms with Crippen LogP contribution in [0.1, 0.15) is 38.7 Å². The quantitative estimate of drug-likeness (QED) is 0.527. The number of hydrogen-bond acceptors (Lipinski definition) is 2. The molecule has 1 amide bonds. The van der Waals surface area contributed by atoms with Gasteiger partial charge in [0.15, 0.2) is 0 Å². The van der Waals surface area contributed by atoms with Gasteiger partial charge in [-0.1, -0.05) is 42.5 Å². The summed E-state index contributed by atoms with van der Waals surface area (Å²) < 4.78 is 5.51. The molecule has 3 aromatic carbocycles. The molecule has 0 aliphatic carbocycles. The van der Waals surface area contributed by atoms with Gasteiger partial charge in [-0.2, -0.15) is 0 Å². The summed E-state index contributed by atoms with van der Waals surface area (Å²) in [6.07, 6.45) is 0.782. The number of amides is 1. The molecule has 0 aromatic heterocycles. The summed E-state index contributed by atoms with van der Waals surface area (Å²) in [4.78, 5) is 14.1. The second kappa shape index (κ2) is 6.31. The fourth-order valence-corrected chi connectivity index (χ4v) is 3.74. The number of likely N-dealkylation sites (tertiary alicyclic amines) is 1. The van der Waals surface area contributed by atoms with Crippen molar-refractivity contribution < 1.29 is 9.53 Å². The lowest BCUT2D eigenvalue weighted by atomic mass is 9.94. The van der Waals surface area contributed by atoms with Gasteiger partial charge in [-0.05, 0) is 66.4 Å². The van der Waals surface area contributed by atoms with Crippen molar-refractivity contribution in [3.8, 4) is 0 Å². The van der Waals surface area contributed by atoms with Crippen LogP contribution in [-0.2, 0) is 4.74 Å². The minimum absolute atomic E-state index is 0.202. The zero-order valence-corrected chi connectivity index (χ0v) is 15.7. The Labute approximate surface area is 154 Å². The first kappa shape index (κ1) is 16.9. The van der Waals surface area contributed by atoms with Crippen molar-refractivity contribution in [3.05, 3.63) is 60.2 Å². The van der Waals surface area contributed by atoms with Gasteiger partial charge in [-0.15, -0.1) is 0 Å². The van der Waals surface area contributed by atoms with Crippen LogP contribution in [0.2, 0.25) is 0 Å². The van der Waals surface area contributed by atoms with Crippen LogP contribution in [0.25, 0.3) is 21.5 Å². The minimum atomic E-state index is -0.445. The van der Waals surface area contributed by atoms with Crippen molar-refractivity contribution in [3.63, 3.8) is 0 Å². The average molecular weight is 347 g/mol. The largest absolute Gasteiger partial charge is 0.444 e. The van der Waals surface area contributed by atoms with Crippen molar-refractivity contribution in [2.24, 2.45) is 0 Å². The number of hydrogen-bond donors (Lipinski definition) is 0. The minimum Gasteiger partial charge on any atom is -0.444 e. The third-order valence-corrected chi connectivity index (χ3v) is 5.04.